The van der Waals surface area contributed by atoms with Crippen LogP contribution < -0.4 is 14.8 Å². The molecule has 1 saturated carbocycles. The minimum Gasteiger partial charge on any atom is -0.495 e. The standard InChI is InChI=1S/C28H29N3O5/c1-34-13-12-30-15-21-24(19-6-4-3-5-7-19)28(20-10-8-18(14-29)9-11-20)27(33,26(21)32)25-22(35-2)16-31-17-23(25)36-28/h3-11,16-17,21,24,26,30,32-33H,12-13,15H2,1-2H3/t21-,24?,26-,27+,28+/m1/s1. The first-order valence-corrected chi connectivity index (χ1v) is 11.9. The molecule has 3 N–H and O–H groups in total. The fourth-order valence-corrected chi connectivity index (χ4v) is 6.00. The number of hydrogen-bond donors (Lipinski definition) is 3. The summed E-state index contributed by atoms with van der Waals surface area (Å²) in [5, 5.41) is 37.4. The summed E-state index contributed by atoms with van der Waals surface area (Å²) in [4.78, 5) is 4.24. The van der Waals surface area contributed by atoms with Gasteiger partial charge >= 0.3 is 0 Å². The number of nitriles is 1. The Kier molecular flexibility index (Phi) is 6.41. The van der Waals surface area contributed by atoms with Crippen LogP contribution in [0.1, 0.15) is 28.2 Å². The van der Waals surface area contributed by atoms with Crippen molar-refractivity contribution in [3.8, 4) is 17.6 Å². The predicted octanol–water partition coefficient (Wildman–Crippen LogP) is 2.45. The average molecular weight is 488 g/mol. The summed E-state index contributed by atoms with van der Waals surface area (Å²) >= 11 is 0. The molecule has 3 aromatic rings. The van der Waals surface area contributed by atoms with Crippen molar-refractivity contribution in [2.24, 2.45) is 5.92 Å². The Morgan fingerprint density at radius 1 is 1.11 bits per heavy atom. The summed E-state index contributed by atoms with van der Waals surface area (Å²) in [5.41, 5.74) is -0.852. The van der Waals surface area contributed by atoms with Gasteiger partial charge in [-0.2, -0.15) is 5.26 Å². The van der Waals surface area contributed by atoms with E-state index < -0.39 is 29.1 Å². The second kappa shape index (κ2) is 9.52. The molecule has 5 rings (SSSR count). The Bertz CT molecular complexity index is 1260. The maximum Gasteiger partial charge on any atom is 0.177 e. The molecular formula is C28H29N3O5. The number of nitrogens with zero attached hydrogens (tertiary/aromatic N) is 2. The fourth-order valence-electron chi connectivity index (χ4n) is 6.00. The molecule has 0 bridgehead atoms. The van der Waals surface area contributed by atoms with Crippen molar-refractivity contribution in [1.29, 1.82) is 5.26 Å². The lowest BCUT2D eigenvalue weighted by Gasteiger charge is -2.41. The summed E-state index contributed by atoms with van der Waals surface area (Å²) in [6.07, 6.45) is 1.84. The van der Waals surface area contributed by atoms with Crippen LogP contribution in [0.15, 0.2) is 67.0 Å². The van der Waals surface area contributed by atoms with Gasteiger partial charge in [-0.25, -0.2) is 0 Å². The highest BCUT2D eigenvalue weighted by Crippen LogP contribution is 2.69. The van der Waals surface area contributed by atoms with Crippen LogP contribution in [0.3, 0.4) is 0 Å². The molecule has 5 atom stereocenters. The van der Waals surface area contributed by atoms with E-state index in [0.717, 1.165) is 5.56 Å². The quantitative estimate of drug-likeness (QED) is 0.415. The topological polar surface area (TPSA) is 117 Å². The van der Waals surface area contributed by atoms with Crippen LogP contribution in [0.25, 0.3) is 0 Å². The largest absolute Gasteiger partial charge is 0.495 e. The molecule has 186 valence electrons. The molecule has 1 aromatic heterocycles. The van der Waals surface area contributed by atoms with Crippen molar-refractivity contribution in [3.05, 3.63) is 89.2 Å². The first-order chi connectivity index (χ1) is 17.5. The van der Waals surface area contributed by atoms with Gasteiger partial charge in [-0.15, -0.1) is 0 Å². The number of benzene rings is 2. The average Bonchev–Trinajstić information content (AvgIpc) is 3.30. The molecular weight excluding hydrogens is 458 g/mol. The second-order valence-electron chi connectivity index (χ2n) is 9.20. The van der Waals surface area contributed by atoms with Gasteiger partial charge in [0.15, 0.2) is 11.2 Å². The Balaban J connectivity index is 1.76. The highest BCUT2D eigenvalue weighted by atomic mass is 16.5. The summed E-state index contributed by atoms with van der Waals surface area (Å²) in [6.45, 7) is 1.52. The fraction of sp³-hybridized carbons (Fsp3) is 0.357. The smallest absolute Gasteiger partial charge is 0.177 e. The third-order valence-electron chi connectivity index (χ3n) is 7.48. The molecule has 0 amide bonds. The van der Waals surface area contributed by atoms with Crippen LogP contribution in [0.5, 0.6) is 11.5 Å². The van der Waals surface area contributed by atoms with Crippen molar-refractivity contribution in [1.82, 2.24) is 10.3 Å². The van der Waals surface area contributed by atoms with E-state index in [2.05, 4.69) is 16.4 Å². The zero-order chi connectivity index (χ0) is 25.3. The zero-order valence-corrected chi connectivity index (χ0v) is 20.2. The Morgan fingerprint density at radius 2 is 1.86 bits per heavy atom. The summed E-state index contributed by atoms with van der Waals surface area (Å²) in [5.74, 6) is -0.203. The Morgan fingerprint density at radius 3 is 2.53 bits per heavy atom. The molecule has 1 aliphatic heterocycles. The van der Waals surface area contributed by atoms with Gasteiger partial charge in [0.1, 0.15) is 11.5 Å². The molecule has 8 nitrogen and oxygen atoms in total. The molecule has 2 heterocycles. The number of pyridine rings is 1. The van der Waals surface area contributed by atoms with Crippen molar-refractivity contribution in [2.75, 3.05) is 33.9 Å². The van der Waals surface area contributed by atoms with Gasteiger partial charge < -0.3 is 29.7 Å². The van der Waals surface area contributed by atoms with Crippen molar-refractivity contribution < 1.29 is 24.4 Å². The van der Waals surface area contributed by atoms with E-state index in [0.29, 0.717) is 47.9 Å². The highest BCUT2D eigenvalue weighted by Gasteiger charge is 2.76. The minimum absolute atomic E-state index is 0.337. The van der Waals surface area contributed by atoms with Crippen molar-refractivity contribution in [3.63, 3.8) is 0 Å². The van der Waals surface area contributed by atoms with Gasteiger partial charge in [-0.05, 0) is 23.3 Å². The summed E-state index contributed by atoms with van der Waals surface area (Å²) in [7, 11) is 3.14. The number of aliphatic hydroxyl groups excluding tert-OH is 1. The lowest BCUT2D eigenvalue weighted by atomic mass is 9.70. The summed E-state index contributed by atoms with van der Waals surface area (Å²) < 4.78 is 17.5. The molecule has 1 aliphatic carbocycles. The first kappa shape index (κ1) is 24.2. The lowest BCUT2D eigenvalue weighted by molar-refractivity contribution is -0.152. The molecule has 0 spiro atoms. The minimum atomic E-state index is -1.86. The number of fused-ring (bicyclic) bond motifs is 3. The van der Waals surface area contributed by atoms with E-state index in [-0.39, 0.29) is 0 Å². The van der Waals surface area contributed by atoms with Gasteiger partial charge in [0, 0.05) is 32.0 Å². The van der Waals surface area contributed by atoms with Gasteiger partial charge in [0.2, 0.25) is 0 Å². The van der Waals surface area contributed by atoms with E-state index in [4.69, 9.17) is 14.2 Å². The van der Waals surface area contributed by atoms with E-state index in [1.807, 2.05) is 30.3 Å². The predicted molar refractivity (Wildman–Crippen MR) is 132 cm³/mol. The SMILES string of the molecule is COCCNC[C@@H]1C(c2ccccc2)[C@]2(c3ccc(C#N)cc3)Oc3cncc(OC)c3[C@]2(O)[C@@H]1O. The third-order valence-corrected chi connectivity index (χ3v) is 7.48. The van der Waals surface area contributed by atoms with Gasteiger partial charge in [0.25, 0.3) is 0 Å². The Hall–Kier alpha value is -3.48. The Labute approximate surface area is 210 Å². The number of hydrogen-bond acceptors (Lipinski definition) is 8. The molecule has 2 aliphatic rings. The molecule has 1 fully saturated rings. The van der Waals surface area contributed by atoms with Crippen LogP contribution in [0, 0.1) is 17.2 Å². The second-order valence-corrected chi connectivity index (χ2v) is 9.20. The maximum absolute atomic E-state index is 12.7. The van der Waals surface area contributed by atoms with Crippen LogP contribution >= 0.6 is 0 Å². The molecule has 2 aromatic carbocycles. The number of methoxy groups -OCH3 is 2. The van der Waals surface area contributed by atoms with Crippen molar-refractivity contribution in [2.45, 2.75) is 23.2 Å². The number of nitrogens with one attached hydrogen (secondary N) is 1. The number of rotatable bonds is 8. The van der Waals surface area contributed by atoms with E-state index in [1.165, 1.54) is 13.3 Å². The monoisotopic (exact) mass is 487 g/mol. The van der Waals surface area contributed by atoms with Gasteiger partial charge in [-0.1, -0.05) is 42.5 Å². The van der Waals surface area contributed by atoms with Crippen LogP contribution in [0.4, 0.5) is 0 Å². The molecule has 0 radical (unpaired) electrons. The molecule has 0 saturated heterocycles. The van der Waals surface area contributed by atoms with E-state index in [9.17, 15) is 15.5 Å². The van der Waals surface area contributed by atoms with Gasteiger partial charge in [0.05, 0.1) is 49.4 Å². The molecule has 8 heteroatoms. The van der Waals surface area contributed by atoms with E-state index >= 15 is 0 Å². The lowest BCUT2D eigenvalue weighted by Crippen LogP contribution is -2.52. The number of aromatic nitrogens is 1. The first-order valence-electron chi connectivity index (χ1n) is 11.9. The normalized spacial score (nSPS) is 28.1. The van der Waals surface area contributed by atoms with Crippen LogP contribution in [0.2, 0.25) is 0 Å². The number of aliphatic hydroxyl groups is 2. The van der Waals surface area contributed by atoms with E-state index in [1.54, 1.807) is 37.6 Å². The summed E-state index contributed by atoms with van der Waals surface area (Å²) in [6, 6.07) is 18.9. The van der Waals surface area contributed by atoms with Crippen LogP contribution in [-0.2, 0) is 15.9 Å². The third kappa shape index (κ3) is 3.39. The number of ether oxygens (including phenoxy) is 3. The maximum atomic E-state index is 12.7. The highest BCUT2D eigenvalue weighted by molar-refractivity contribution is 5.59. The van der Waals surface area contributed by atoms with Crippen molar-refractivity contribution >= 4 is 0 Å². The molecule has 36 heavy (non-hydrogen) atoms. The van der Waals surface area contributed by atoms with Gasteiger partial charge in [-0.3, -0.25) is 4.98 Å². The van der Waals surface area contributed by atoms with Crippen LogP contribution in [-0.4, -0.2) is 55.2 Å². The molecule has 1 unspecified atom stereocenters. The zero-order valence-electron chi connectivity index (χ0n) is 20.2.